The van der Waals surface area contributed by atoms with Crippen molar-refractivity contribution in [3.05, 3.63) is 18.5 Å². The fourth-order valence-corrected chi connectivity index (χ4v) is 3.21. The molecule has 9 heteroatoms. The van der Waals surface area contributed by atoms with Crippen LogP contribution in [-0.2, 0) is 4.79 Å². The van der Waals surface area contributed by atoms with E-state index < -0.39 is 12.2 Å². The Morgan fingerprint density at radius 3 is 3.25 bits per heavy atom. The molecule has 1 fully saturated rings. The normalized spacial score (nSPS) is 21.2. The first-order chi connectivity index (χ1) is 11.7. The first-order valence-electron chi connectivity index (χ1n) is 7.65. The lowest BCUT2D eigenvalue weighted by Gasteiger charge is -2.34. The van der Waals surface area contributed by atoms with Crippen LogP contribution >= 0.6 is 0 Å². The van der Waals surface area contributed by atoms with Gasteiger partial charge in [-0.1, -0.05) is 5.21 Å². The summed E-state index contributed by atoms with van der Waals surface area (Å²) in [4.78, 5) is 20.8. The minimum Gasteiger partial charge on any atom is -0.346 e. The summed E-state index contributed by atoms with van der Waals surface area (Å²) in [5.74, 6) is -0.285. The summed E-state index contributed by atoms with van der Waals surface area (Å²) in [7, 11) is 0. The van der Waals surface area contributed by atoms with Gasteiger partial charge in [-0.2, -0.15) is 5.26 Å². The number of H-pyrrole nitrogens is 1. The Labute approximate surface area is 135 Å². The number of halogens is 1. The van der Waals surface area contributed by atoms with Crippen LogP contribution in [0.15, 0.2) is 18.5 Å². The van der Waals surface area contributed by atoms with Crippen molar-refractivity contribution < 1.29 is 9.18 Å². The van der Waals surface area contributed by atoms with Crippen molar-refractivity contribution in [3.63, 3.8) is 0 Å². The van der Waals surface area contributed by atoms with Gasteiger partial charge < -0.3 is 9.88 Å². The largest absolute Gasteiger partial charge is 0.346 e. The van der Waals surface area contributed by atoms with Gasteiger partial charge in [0.1, 0.15) is 35.3 Å². The number of alkyl halides is 1. The maximum absolute atomic E-state index is 14.6. The molecule has 0 aliphatic carbocycles. The quantitative estimate of drug-likeness (QED) is 0.765. The number of aromatic amines is 1. The number of carbonyl (C=O) groups excluding carboxylic acids is 1. The number of nitrogens with one attached hydrogen (secondary N) is 1. The molecule has 1 N–H and O–H groups in total. The van der Waals surface area contributed by atoms with Crippen molar-refractivity contribution in [1.82, 2.24) is 29.9 Å². The van der Waals surface area contributed by atoms with Crippen LogP contribution in [0.2, 0.25) is 0 Å². The zero-order chi connectivity index (χ0) is 16.7. The van der Waals surface area contributed by atoms with Crippen LogP contribution in [0.1, 0.15) is 18.9 Å². The van der Waals surface area contributed by atoms with Crippen LogP contribution in [0.5, 0.6) is 0 Å². The number of carbonyl (C=O) groups is 1. The number of amides is 1. The lowest BCUT2D eigenvalue weighted by Crippen LogP contribution is -2.45. The third-order valence-corrected chi connectivity index (χ3v) is 4.41. The summed E-state index contributed by atoms with van der Waals surface area (Å²) < 4.78 is 16.1. The second-order valence-corrected chi connectivity index (χ2v) is 5.81. The van der Waals surface area contributed by atoms with Crippen LogP contribution in [0.4, 0.5) is 4.39 Å². The fourth-order valence-electron chi connectivity index (χ4n) is 3.21. The van der Waals surface area contributed by atoms with Gasteiger partial charge in [0.05, 0.1) is 12.3 Å². The third-order valence-electron chi connectivity index (χ3n) is 4.41. The van der Waals surface area contributed by atoms with E-state index in [1.807, 2.05) is 12.1 Å². The zero-order valence-electron chi connectivity index (χ0n) is 12.7. The van der Waals surface area contributed by atoms with Gasteiger partial charge in [-0.3, -0.25) is 4.79 Å². The highest BCUT2D eigenvalue weighted by molar-refractivity contribution is 6.00. The smallest absolute Gasteiger partial charge is 0.236 e. The van der Waals surface area contributed by atoms with Crippen LogP contribution in [0.3, 0.4) is 0 Å². The standard InChI is InChI=1S/C15H14FN7O/c16-10-3-6-22(13(24)1-4-17)8-12(10)23-14-9-2-5-18-15(9)19-7-11(14)20-21-23/h2,5,7,10,12H,1,3,6,8H2,(H,18,19). The summed E-state index contributed by atoms with van der Waals surface area (Å²) in [5, 5.41) is 17.7. The molecular formula is C15H14FN7O. The molecule has 1 saturated heterocycles. The molecular weight excluding hydrogens is 313 g/mol. The monoisotopic (exact) mass is 327 g/mol. The van der Waals surface area contributed by atoms with Gasteiger partial charge in [-0.15, -0.1) is 5.10 Å². The Morgan fingerprint density at radius 1 is 1.54 bits per heavy atom. The minimum atomic E-state index is -1.14. The van der Waals surface area contributed by atoms with Gasteiger partial charge in [0, 0.05) is 24.7 Å². The molecule has 2 unspecified atom stereocenters. The molecule has 24 heavy (non-hydrogen) atoms. The third kappa shape index (κ3) is 2.19. The van der Waals surface area contributed by atoms with Crippen molar-refractivity contribution in [2.45, 2.75) is 25.1 Å². The van der Waals surface area contributed by atoms with E-state index in [2.05, 4.69) is 20.3 Å². The van der Waals surface area contributed by atoms with Crippen LogP contribution in [0, 0.1) is 11.3 Å². The Kier molecular flexibility index (Phi) is 3.37. The predicted molar refractivity (Wildman–Crippen MR) is 82.5 cm³/mol. The number of hydrogen-bond donors (Lipinski definition) is 1. The van der Waals surface area contributed by atoms with Crippen molar-refractivity contribution >= 4 is 28.0 Å². The second kappa shape index (κ2) is 5.56. The molecule has 3 aromatic heterocycles. The molecule has 0 saturated carbocycles. The van der Waals surface area contributed by atoms with Crippen LogP contribution in [-0.4, -0.2) is 55.0 Å². The van der Waals surface area contributed by atoms with Gasteiger partial charge in [-0.25, -0.2) is 14.1 Å². The lowest BCUT2D eigenvalue weighted by molar-refractivity contribution is -0.132. The fraction of sp³-hybridized carbons (Fsp3) is 0.400. The molecule has 4 rings (SSSR count). The van der Waals surface area contributed by atoms with E-state index in [1.165, 1.54) is 4.90 Å². The molecule has 4 heterocycles. The molecule has 1 amide bonds. The second-order valence-electron chi connectivity index (χ2n) is 5.81. The highest BCUT2D eigenvalue weighted by Gasteiger charge is 2.34. The summed E-state index contributed by atoms with van der Waals surface area (Å²) in [5.41, 5.74) is 1.95. The zero-order valence-corrected chi connectivity index (χ0v) is 12.7. The molecule has 0 bridgehead atoms. The van der Waals surface area contributed by atoms with Crippen molar-refractivity contribution in [2.24, 2.45) is 0 Å². The topological polar surface area (TPSA) is 103 Å². The number of piperidine rings is 1. The minimum absolute atomic E-state index is 0.175. The average molecular weight is 327 g/mol. The highest BCUT2D eigenvalue weighted by Crippen LogP contribution is 2.30. The number of hydrogen-bond acceptors (Lipinski definition) is 5. The highest BCUT2D eigenvalue weighted by atomic mass is 19.1. The molecule has 1 aliphatic rings. The molecule has 122 valence electrons. The van der Waals surface area contributed by atoms with E-state index in [-0.39, 0.29) is 25.3 Å². The Morgan fingerprint density at radius 2 is 2.42 bits per heavy atom. The maximum Gasteiger partial charge on any atom is 0.236 e. The van der Waals surface area contributed by atoms with Gasteiger partial charge in [0.15, 0.2) is 0 Å². The predicted octanol–water partition coefficient (Wildman–Crippen LogP) is 1.33. The van der Waals surface area contributed by atoms with Gasteiger partial charge in [0.25, 0.3) is 0 Å². The molecule has 0 aromatic carbocycles. The number of nitrogens with zero attached hydrogens (tertiary/aromatic N) is 6. The summed E-state index contributed by atoms with van der Waals surface area (Å²) in [6, 6.07) is 3.06. The number of rotatable bonds is 2. The van der Waals surface area contributed by atoms with E-state index in [1.54, 1.807) is 17.1 Å². The van der Waals surface area contributed by atoms with E-state index in [4.69, 9.17) is 5.26 Å². The van der Waals surface area contributed by atoms with Crippen LogP contribution < -0.4 is 0 Å². The van der Waals surface area contributed by atoms with Crippen molar-refractivity contribution in [1.29, 1.82) is 5.26 Å². The molecule has 2 atom stereocenters. The van der Waals surface area contributed by atoms with Gasteiger partial charge in [-0.05, 0) is 12.5 Å². The number of likely N-dealkylation sites (tertiary alicyclic amines) is 1. The number of aromatic nitrogens is 5. The maximum atomic E-state index is 14.6. The van der Waals surface area contributed by atoms with Crippen molar-refractivity contribution in [2.75, 3.05) is 13.1 Å². The number of pyridine rings is 1. The Balaban J connectivity index is 1.76. The Hall–Kier alpha value is -3.02. The lowest BCUT2D eigenvalue weighted by atomic mass is 10.0. The van der Waals surface area contributed by atoms with E-state index in [9.17, 15) is 9.18 Å². The SMILES string of the molecule is N#CCC(=O)N1CCC(F)C(n2nnc3cnc4[nH]ccc4c32)C1. The Bertz CT molecular complexity index is 956. The summed E-state index contributed by atoms with van der Waals surface area (Å²) in [6.45, 7) is 0.486. The van der Waals surface area contributed by atoms with Gasteiger partial charge >= 0.3 is 0 Å². The molecule has 3 aromatic rings. The average Bonchev–Trinajstić information content (AvgIpc) is 3.21. The first kappa shape index (κ1) is 14.6. The first-order valence-corrected chi connectivity index (χ1v) is 7.65. The van der Waals surface area contributed by atoms with E-state index in [0.717, 1.165) is 5.39 Å². The van der Waals surface area contributed by atoms with Gasteiger partial charge in [0.2, 0.25) is 5.91 Å². The summed E-state index contributed by atoms with van der Waals surface area (Å²) in [6.07, 6.45) is 2.22. The van der Waals surface area contributed by atoms with E-state index >= 15 is 0 Å². The molecule has 8 nitrogen and oxygen atoms in total. The van der Waals surface area contributed by atoms with Crippen molar-refractivity contribution in [3.8, 4) is 6.07 Å². The number of nitriles is 1. The molecule has 0 spiro atoms. The van der Waals surface area contributed by atoms with Crippen LogP contribution in [0.25, 0.3) is 22.1 Å². The summed E-state index contributed by atoms with van der Waals surface area (Å²) >= 11 is 0. The van der Waals surface area contributed by atoms with E-state index in [0.29, 0.717) is 23.2 Å². The molecule has 0 radical (unpaired) electrons. The molecule has 1 aliphatic heterocycles. The number of fused-ring (bicyclic) bond motifs is 3.